The van der Waals surface area contributed by atoms with Crippen LogP contribution in [-0.2, 0) is 0 Å². The van der Waals surface area contributed by atoms with E-state index in [1.807, 2.05) is 0 Å². The second kappa shape index (κ2) is 3.01. The Hall–Kier alpha value is -1.58. The van der Waals surface area contributed by atoms with Crippen molar-refractivity contribution < 1.29 is 9.90 Å². The zero-order chi connectivity index (χ0) is 8.27. The maximum absolute atomic E-state index is 10.9. The summed E-state index contributed by atoms with van der Waals surface area (Å²) in [5.74, 6) is -0.0184. The Morgan fingerprint density at radius 3 is 2.82 bits per heavy atom. The molecule has 1 aromatic rings. The summed E-state index contributed by atoms with van der Waals surface area (Å²) in [6.07, 6.45) is 1.38. The van der Waals surface area contributed by atoms with Crippen molar-refractivity contribution in [3.63, 3.8) is 0 Å². The first-order valence-electron chi connectivity index (χ1n) is 3.14. The highest BCUT2D eigenvalue weighted by Gasteiger charge is 2.03. The fraction of sp³-hybridized carbons (Fsp3) is 0.143. The lowest BCUT2D eigenvalue weighted by atomic mass is 10.3. The quantitative estimate of drug-likeness (QED) is 0.571. The van der Waals surface area contributed by atoms with Gasteiger partial charge in [-0.3, -0.25) is 4.79 Å². The minimum Gasteiger partial charge on any atom is -0.579 e. The molecule has 1 heterocycles. The lowest BCUT2D eigenvalue weighted by molar-refractivity contribution is 0.0962. The van der Waals surface area contributed by atoms with E-state index in [1.165, 1.54) is 12.3 Å². The maximum Gasteiger partial charge on any atom is 0.356 e. The second-order valence-electron chi connectivity index (χ2n) is 2.01. The number of carbonyl (C=O) groups excluding carboxylic acids is 1. The monoisotopic (exact) mass is 153 g/mol. The van der Waals surface area contributed by atoms with Gasteiger partial charge in [-0.15, -0.1) is 0 Å². The predicted octanol–water partition coefficient (Wildman–Crippen LogP) is -0.121. The van der Waals surface area contributed by atoms with E-state index in [1.54, 1.807) is 13.1 Å². The minimum absolute atomic E-state index is 0.164. The van der Waals surface area contributed by atoms with Crippen molar-refractivity contribution in [3.05, 3.63) is 23.9 Å². The number of aromatic nitrogens is 1. The van der Waals surface area contributed by atoms with Crippen LogP contribution in [0.25, 0.3) is 0 Å². The molecule has 0 aliphatic carbocycles. The standard InChI is InChI=1S/C7H8N2O2/c1-8-7(11)5-2-3-6(10)9-4-5/h2-4H,1H3,(H,8,11)(H,9,10)/p+1. The summed E-state index contributed by atoms with van der Waals surface area (Å²) >= 11 is 0. The van der Waals surface area contributed by atoms with E-state index in [2.05, 4.69) is 10.3 Å². The molecule has 0 fully saturated rings. The van der Waals surface area contributed by atoms with E-state index in [9.17, 15) is 4.79 Å². The Bertz CT molecular complexity index is 256. The van der Waals surface area contributed by atoms with Crippen molar-refractivity contribution in [2.24, 2.45) is 0 Å². The molecule has 0 aromatic carbocycles. The van der Waals surface area contributed by atoms with Gasteiger partial charge in [0.2, 0.25) is 0 Å². The molecule has 0 saturated carbocycles. The van der Waals surface area contributed by atoms with Crippen molar-refractivity contribution in [2.75, 3.05) is 7.05 Å². The Kier molecular flexibility index (Phi) is 2.06. The topological polar surface area (TPSA) is 64.9 Å². The SMILES string of the molecule is CNC(=O)c1ccc([OH2+])nc1. The normalized spacial score (nSPS) is 9.18. The lowest BCUT2D eigenvalue weighted by Crippen LogP contribution is -2.17. The molecular formula is C7H9N2O2+. The number of hydrogen-bond acceptors (Lipinski definition) is 2. The summed E-state index contributed by atoms with van der Waals surface area (Å²) in [6, 6.07) is 3.04. The second-order valence-corrected chi connectivity index (χ2v) is 2.01. The Labute approximate surface area is 63.9 Å². The molecule has 0 aliphatic heterocycles. The number of carbonyl (C=O) groups is 1. The molecule has 0 unspecified atom stereocenters. The third-order valence-corrected chi connectivity index (χ3v) is 1.25. The first-order valence-corrected chi connectivity index (χ1v) is 3.14. The largest absolute Gasteiger partial charge is 0.579 e. The summed E-state index contributed by atoms with van der Waals surface area (Å²) in [4.78, 5) is 14.6. The molecule has 0 saturated heterocycles. The van der Waals surface area contributed by atoms with E-state index in [0.717, 1.165) is 0 Å². The summed E-state index contributed by atoms with van der Waals surface area (Å²) in [5.41, 5.74) is 0.475. The highest BCUT2D eigenvalue weighted by molar-refractivity contribution is 5.93. The lowest BCUT2D eigenvalue weighted by Gasteiger charge is -1.95. The highest BCUT2D eigenvalue weighted by atomic mass is 16.3. The van der Waals surface area contributed by atoms with Crippen LogP contribution in [-0.4, -0.2) is 23.0 Å². The average molecular weight is 153 g/mol. The first kappa shape index (κ1) is 7.53. The van der Waals surface area contributed by atoms with E-state index in [-0.39, 0.29) is 11.8 Å². The molecule has 11 heavy (non-hydrogen) atoms. The number of pyridine rings is 1. The van der Waals surface area contributed by atoms with Crippen LogP contribution in [0.1, 0.15) is 10.4 Å². The number of hydrogen-bond donors (Lipinski definition) is 1. The molecule has 0 radical (unpaired) electrons. The van der Waals surface area contributed by atoms with Gasteiger partial charge < -0.3 is 10.4 Å². The molecule has 1 rings (SSSR count). The fourth-order valence-corrected chi connectivity index (χ4v) is 0.673. The number of rotatable bonds is 1. The summed E-state index contributed by atoms with van der Waals surface area (Å²) < 4.78 is 0. The summed E-state index contributed by atoms with van der Waals surface area (Å²) in [6.45, 7) is 0. The van der Waals surface area contributed by atoms with Crippen LogP contribution < -0.4 is 5.32 Å². The molecule has 3 N–H and O–H groups in total. The van der Waals surface area contributed by atoms with Crippen molar-refractivity contribution in [3.8, 4) is 5.88 Å². The Morgan fingerprint density at radius 1 is 1.64 bits per heavy atom. The molecule has 0 atom stereocenters. The van der Waals surface area contributed by atoms with Gasteiger partial charge in [0.15, 0.2) is 0 Å². The van der Waals surface area contributed by atoms with Gasteiger partial charge in [-0.1, -0.05) is 0 Å². The third kappa shape index (κ3) is 1.67. The molecule has 4 nitrogen and oxygen atoms in total. The molecule has 0 spiro atoms. The van der Waals surface area contributed by atoms with Crippen LogP contribution in [0.3, 0.4) is 0 Å². The van der Waals surface area contributed by atoms with Gasteiger partial charge >= 0.3 is 5.88 Å². The van der Waals surface area contributed by atoms with Crippen LogP contribution in [0.15, 0.2) is 18.3 Å². The van der Waals surface area contributed by atoms with E-state index in [4.69, 9.17) is 5.11 Å². The molecule has 0 aliphatic rings. The Morgan fingerprint density at radius 2 is 2.36 bits per heavy atom. The van der Waals surface area contributed by atoms with E-state index >= 15 is 0 Å². The molecule has 0 bridgehead atoms. The molecule has 1 amide bonds. The van der Waals surface area contributed by atoms with Crippen LogP contribution in [0.4, 0.5) is 0 Å². The number of nitrogens with zero attached hydrogens (tertiary/aromatic N) is 1. The predicted molar refractivity (Wildman–Crippen MR) is 40.7 cm³/mol. The zero-order valence-corrected chi connectivity index (χ0v) is 6.09. The van der Waals surface area contributed by atoms with Crippen molar-refractivity contribution >= 4 is 5.91 Å². The highest BCUT2D eigenvalue weighted by Crippen LogP contribution is 2.03. The molecule has 58 valence electrons. The van der Waals surface area contributed by atoms with Crippen LogP contribution >= 0.6 is 0 Å². The van der Waals surface area contributed by atoms with Gasteiger partial charge in [0.1, 0.15) is 0 Å². The maximum atomic E-state index is 10.9. The Balaban J connectivity index is 2.90. The summed E-state index contributed by atoms with van der Waals surface area (Å²) in [7, 11) is 1.55. The van der Waals surface area contributed by atoms with Gasteiger partial charge in [0, 0.05) is 13.2 Å². The van der Waals surface area contributed by atoms with Crippen LogP contribution in [0.5, 0.6) is 5.88 Å². The van der Waals surface area contributed by atoms with Crippen LogP contribution in [0, 0.1) is 0 Å². The van der Waals surface area contributed by atoms with Gasteiger partial charge in [-0.2, -0.15) is 4.98 Å². The van der Waals surface area contributed by atoms with E-state index < -0.39 is 0 Å². The van der Waals surface area contributed by atoms with E-state index in [0.29, 0.717) is 5.56 Å². The smallest absolute Gasteiger partial charge is 0.356 e. The minimum atomic E-state index is -0.183. The van der Waals surface area contributed by atoms with Gasteiger partial charge in [0.25, 0.3) is 5.91 Å². The third-order valence-electron chi connectivity index (χ3n) is 1.25. The van der Waals surface area contributed by atoms with Crippen molar-refractivity contribution in [1.82, 2.24) is 10.3 Å². The fourth-order valence-electron chi connectivity index (χ4n) is 0.673. The first-order chi connectivity index (χ1) is 5.24. The van der Waals surface area contributed by atoms with Crippen LogP contribution in [0.2, 0.25) is 0 Å². The summed E-state index contributed by atoms with van der Waals surface area (Å²) in [5, 5.41) is 9.51. The zero-order valence-electron chi connectivity index (χ0n) is 6.09. The van der Waals surface area contributed by atoms with Gasteiger partial charge in [-0.05, 0) is 6.07 Å². The molecule has 1 aromatic heterocycles. The number of nitrogens with one attached hydrogen (secondary N) is 1. The molecular weight excluding hydrogens is 144 g/mol. The average Bonchev–Trinajstić information content (AvgIpc) is 2.05. The van der Waals surface area contributed by atoms with Gasteiger partial charge in [0.05, 0.1) is 11.6 Å². The van der Waals surface area contributed by atoms with Gasteiger partial charge in [-0.25, -0.2) is 0 Å². The number of amides is 1. The molecule has 4 heteroatoms. The van der Waals surface area contributed by atoms with Crippen molar-refractivity contribution in [2.45, 2.75) is 0 Å². The van der Waals surface area contributed by atoms with Crippen molar-refractivity contribution in [1.29, 1.82) is 0 Å².